The number of hydrogen-bond acceptors (Lipinski definition) is 9. The van der Waals surface area contributed by atoms with Crippen LogP contribution in [-0.2, 0) is 11.3 Å². The first-order valence-corrected chi connectivity index (χ1v) is 12.1. The van der Waals surface area contributed by atoms with Crippen LogP contribution in [0.1, 0.15) is 24.2 Å². The summed E-state index contributed by atoms with van der Waals surface area (Å²) in [5.74, 6) is 1.00. The van der Waals surface area contributed by atoms with E-state index in [2.05, 4.69) is 37.5 Å². The first-order chi connectivity index (χ1) is 14.3. The van der Waals surface area contributed by atoms with Crippen LogP contribution in [0.3, 0.4) is 0 Å². The second-order valence-corrected chi connectivity index (χ2v) is 10.3. The molecule has 0 saturated carbocycles. The average molecular weight is 563 g/mol. The summed E-state index contributed by atoms with van der Waals surface area (Å²) in [6, 6.07) is 1.83. The van der Waals surface area contributed by atoms with E-state index in [1.54, 1.807) is 12.3 Å². The Bertz CT molecular complexity index is 943. The number of nitrogen functional groups attached to an aromatic ring is 1. The van der Waals surface area contributed by atoms with Crippen molar-refractivity contribution in [1.29, 1.82) is 0 Å². The molecule has 30 heavy (non-hydrogen) atoms. The smallest absolute Gasteiger partial charge is 0.153 e. The monoisotopic (exact) mass is 562 g/mol. The van der Waals surface area contributed by atoms with E-state index in [1.165, 1.54) is 11.8 Å². The maximum Gasteiger partial charge on any atom is 0.153 e. The number of nitrogens with two attached hydrogens (primary N) is 2. The number of piperidine rings is 1. The molecule has 5 N–H and O–H groups in total. The van der Waals surface area contributed by atoms with Crippen molar-refractivity contribution in [2.75, 3.05) is 30.3 Å². The number of anilines is 2. The largest absolute Gasteiger partial charge is 0.390 e. The van der Waals surface area contributed by atoms with Gasteiger partial charge in [0, 0.05) is 35.6 Å². The fourth-order valence-electron chi connectivity index (χ4n) is 3.97. The molecule has 0 radical (unpaired) electrons. The molecule has 4 heterocycles. The van der Waals surface area contributed by atoms with Crippen LogP contribution < -0.4 is 16.4 Å². The minimum atomic E-state index is -0.192. The summed E-state index contributed by atoms with van der Waals surface area (Å²) >= 11 is 9.91. The number of aliphatic hydroxyl groups excluding tert-OH is 1. The molecule has 0 aromatic carbocycles. The van der Waals surface area contributed by atoms with Gasteiger partial charge in [0.1, 0.15) is 20.6 Å². The molecule has 8 nitrogen and oxygen atoms in total. The number of rotatable bonds is 4. The molecule has 2 aliphatic rings. The maximum absolute atomic E-state index is 9.98. The fourth-order valence-corrected chi connectivity index (χ4v) is 6.02. The maximum atomic E-state index is 9.98. The summed E-state index contributed by atoms with van der Waals surface area (Å²) < 4.78 is 5.87. The first-order valence-electron chi connectivity index (χ1n) is 9.67. The molecule has 2 aliphatic heterocycles. The van der Waals surface area contributed by atoms with E-state index in [9.17, 15) is 5.11 Å². The van der Waals surface area contributed by atoms with E-state index < -0.39 is 0 Å². The van der Waals surface area contributed by atoms with Crippen LogP contribution in [0.5, 0.6) is 0 Å². The van der Waals surface area contributed by atoms with Crippen LogP contribution in [0.2, 0.25) is 5.02 Å². The van der Waals surface area contributed by atoms with Crippen LogP contribution in [0.4, 0.5) is 11.6 Å². The molecular formula is C19H24ClIN6O2S. The Morgan fingerprint density at radius 1 is 1.40 bits per heavy atom. The molecule has 162 valence electrons. The van der Waals surface area contributed by atoms with E-state index in [4.69, 9.17) is 32.8 Å². The fraction of sp³-hybridized carbons (Fsp3) is 0.526. The number of aliphatic hydroxyl groups is 1. The van der Waals surface area contributed by atoms with Gasteiger partial charge in [-0.1, -0.05) is 23.4 Å². The number of aryl methyl sites for hydroxylation is 1. The second-order valence-electron chi connectivity index (χ2n) is 7.69. The van der Waals surface area contributed by atoms with E-state index in [0.29, 0.717) is 22.3 Å². The molecule has 2 saturated heterocycles. The highest BCUT2D eigenvalue weighted by Crippen LogP contribution is 2.44. The van der Waals surface area contributed by atoms with Crippen molar-refractivity contribution in [2.45, 2.75) is 46.4 Å². The molecule has 2 atom stereocenters. The van der Waals surface area contributed by atoms with Crippen molar-refractivity contribution in [3.8, 4) is 0 Å². The highest BCUT2D eigenvalue weighted by atomic mass is 127. The molecule has 0 bridgehead atoms. The van der Waals surface area contributed by atoms with Gasteiger partial charge in [-0.15, -0.1) is 0 Å². The Labute approximate surface area is 198 Å². The van der Waals surface area contributed by atoms with Gasteiger partial charge in [0.05, 0.1) is 23.9 Å². The van der Waals surface area contributed by atoms with Crippen LogP contribution in [0.25, 0.3) is 0 Å². The summed E-state index contributed by atoms with van der Waals surface area (Å²) in [5.41, 5.74) is 13.6. The predicted molar refractivity (Wildman–Crippen MR) is 126 cm³/mol. The van der Waals surface area contributed by atoms with Gasteiger partial charge in [-0.25, -0.2) is 15.0 Å². The zero-order chi connectivity index (χ0) is 21.5. The molecule has 1 spiro atoms. The number of aromatic nitrogens is 3. The van der Waals surface area contributed by atoms with E-state index in [0.717, 1.165) is 42.3 Å². The van der Waals surface area contributed by atoms with Gasteiger partial charge < -0.3 is 26.2 Å². The molecule has 0 aliphatic carbocycles. The highest BCUT2D eigenvalue weighted by Gasteiger charge is 2.48. The van der Waals surface area contributed by atoms with Gasteiger partial charge >= 0.3 is 0 Å². The average Bonchev–Trinajstić information content (AvgIpc) is 3.01. The third kappa shape index (κ3) is 4.09. The topological polar surface area (TPSA) is 123 Å². The Balaban J connectivity index is 1.55. The van der Waals surface area contributed by atoms with Crippen molar-refractivity contribution >= 4 is 57.6 Å². The number of pyridine rings is 1. The first kappa shape index (κ1) is 22.3. The number of ether oxygens (including phenoxy) is 1. The summed E-state index contributed by atoms with van der Waals surface area (Å²) in [6.45, 7) is 4.04. The van der Waals surface area contributed by atoms with Crippen molar-refractivity contribution in [2.24, 2.45) is 11.1 Å². The minimum Gasteiger partial charge on any atom is -0.390 e. The molecule has 2 fully saturated rings. The lowest BCUT2D eigenvalue weighted by Gasteiger charge is -2.41. The number of alkyl halides is 1. The van der Waals surface area contributed by atoms with Gasteiger partial charge in [-0.2, -0.15) is 0 Å². The third-order valence-electron chi connectivity index (χ3n) is 5.89. The molecular weight excluding hydrogens is 539 g/mol. The minimum absolute atomic E-state index is 0.0258. The zero-order valence-corrected chi connectivity index (χ0v) is 20.2. The van der Waals surface area contributed by atoms with E-state index in [1.807, 2.05) is 6.92 Å². The summed E-state index contributed by atoms with van der Waals surface area (Å²) in [6.07, 6.45) is 3.47. The second kappa shape index (κ2) is 8.91. The van der Waals surface area contributed by atoms with Gasteiger partial charge in [0.25, 0.3) is 0 Å². The van der Waals surface area contributed by atoms with Crippen molar-refractivity contribution in [1.82, 2.24) is 15.0 Å². The molecule has 2 aromatic rings. The van der Waals surface area contributed by atoms with Gasteiger partial charge in [-0.05, 0) is 48.4 Å². The lowest BCUT2D eigenvalue weighted by atomic mass is 9.75. The van der Waals surface area contributed by atoms with Gasteiger partial charge in [0.2, 0.25) is 0 Å². The number of hydrogen-bond donors (Lipinski definition) is 3. The summed E-state index contributed by atoms with van der Waals surface area (Å²) in [5, 5.41) is 11.1. The summed E-state index contributed by atoms with van der Waals surface area (Å²) in [7, 11) is 0. The molecule has 4 rings (SSSR count). The zero-order valence-electron chi connectivity index (χ0n) is 16.5. The SMILES string of the molecule is Cc1nc(N2CCC3(CC2)CO[C@@H](I)[C@H]3N)c(CO)nc1Sc1ccnc(N)c1Cl. The lowest BCUT2D eigenvalue weighted by Crippen LogP contribution is -2.50. The van der Waals surface area contributed by atoms with Crippen molar-refractivity contribution in [3.63, 3.8) is 0 Å². The number of halogens is 2. The molecule has 0 amide bonds. The summed E-state index contributed by atoms with van der Waals surface area (Å²) in [4.78, 5) is 16.4. The van der Waals surface area contributed by atoms with Gasteiger partial charge in [-0.3, -0.25) is 0 Å². The lowest BCUT2D eigenvalue weighted by molar-refractivity contribution is 0.127. The van der Waals surface area contributed by atoms with E-state index in [-0.39, 0.29) is 28.0 Å². The molecule has 2 aromatic heterocycles. The highest BCUT2D eigenvalue weighted by molar-refractivity contribution is 14.1. The van der Waals surface area contributed by atoms with Crippen molar-refractivity contribution in [3.05, 3.63) is 28.7 Å². The standard InChI is InChI=1S/C19H24ClIN6O2S/c1-10-18(30-12-2-5-24-16(23)13(12)20)26-11(8-28)17(25-10)27-6-3-19(4-7-27)9-29-15(21)14(19)22/h2,5,14-15,28H,3-4,6-9,22H2,1H3,(H2,23,24)/t14-,15-/m1/s1. The van der Waals surface area contributed by atoms with Crippen LogP contribution >= 0.6 is 46.0 Å². The van der Waals surface area contributed by atoms with Crippen molar-refractivity contribution < 1.29 is 9.84 Å². The number of nitrogens with zero attached hydrogens (tertiary/aromatic N) is 4. The third-order valence-corrected chi connectivity index (χ3v) is 8.68. The Morgan fingerprint density at radius 3 is 2.77 bits per heavy atom. The normalized spacial score (nSPS) is 23.3. The Kier molecular flexibility index (Phi) is 6.62. The van der Waals surface area contributed by atoms with Gasteiger partial charge in [0.15, 0.2) is 5.82 Å². The molecule has 0 unspecified atom stereocenters. The Morgan fingerprint density at radius 2 is 2.13 bits per heavy atom. The quantitative estimate of drug-likeness (QED) is 0.381. The van der Waals surface area contributed by atoms with Crippen LogP contribution in [0, 0.1) is 12.3 Å². The predicted octanol–water partition coefficient (Wildman–Crippen LogP) is 2.76. The van der Waals surface area contributed by atoms with E-state index >= 15 is 0 Å². The molecule has 11 heteroatoms. The Hall–Kier alpha value is -0.920. The van der Waals surface area contributed by atoms with Crippen LogP contribution in [0.15, 0.2) is 22.2 Å². The van der Waals surface area contributed by atoms with Crippen LogP contribution in [-0.4, -0.2) is 49.9 Å².